The van der Waals surface area contributed by atoms with Crippen LogP contribution in [0.4, 0.5) is 0 Å². The van der Waals surface area contributed by atoms with E-state index in [1.807, 2.05) is 60.1 Å². The van der Waals surface area contributed by atoms with Crippen LogP contribution in [-0.4, -0.2) is 29.5 Å². The lowest BCUT2D eigenvalue weighted by molar-refractivity contribution is 0.461. The molecule has 0 atom stereocenters. The maximum Gasteiger partial charge on any atom is 0.194 e. The van der Waals surface area contributed by atoms with Crippen molar-refractivity contribution in [1.82, 2.24) is 14.8 Å². The number of halogens is 2. The highest BCUT2D eigenvalue weighted by atomic mass is 127. The van der Waals surface area contributed by atoms with Gasteiger partial charge in [0.25, 0.3) is 0 Å². The number of guanidine groups is 1. The number of hydrogen-bond acceptors (Lipinski definition) is 2. The minimum absolute atomic E-state index is 0. The molecule has 1 aromatic carbocycles. The van der Waals surface area contributed by atoms with Gasteiger partial charge in [0.05, 0.1) is 23.2 Å². The molecule has 0 fully saturated rings. The molecule has 0 bridgehead atoms. The summed E-state index contributed by atoms with van der Waals surface area (Å²) in [7, 11) is 5.71. The predicted octanol–water partition coefficient (Wildman–Crippen LogP) is 3.38. The Balaban J connectivity index is 0.00000288. The third-order valence-corrected chi connectivity index (χ3v) is 3.79. The van der Waals surface area contributed by atoms with Crippen LogP contribution in [0.1, 0.15) is 16.8 Å². The Morgan fingerprint density at radius 2 is 2.04 bits per heavy atom. The van der Waals surface area contributed by atoms with E-state index in [9.17, 15) is 0 Å². The molecule has 0 aliphatic rings. The molecule has 0 radical (unpaired) electrons. The Morgan fingerprint density at radius 3 is 2.54 bits per heavy atom. The van der Waals surface area contributed by atoms with E-state index in [2.05, 4.69) is 16.4 Å². The van der Waals surface area contributed by atoms with Crippen LogP contribution in [0.2, 0.25) is 5.02 Å². The summed E-state index contributed by atoms with van der Waals surface area (Å²) < 4.78 is 2.01. The number of aromatic nitrogens is 1. The third-order valence-electron chi connectivity index (χ3n) is 3.58. The molecular formula is C17H21ClIN5. The second kappa shape index (κ2) is 9.55. The molecule has 0 spiro atoms. The van der Waals surface area contributed by atoms with Gasteiger partial charge in [-0.1, -0.05) is 23.7 Å². The van der Waals surface area contributed by atoms with Gasteiger partial charge < -0.3 is 14.8 Å². The van der Waals surface area contributed by atoms with E-state index in [0.717, 1.165) is 22.2 Å². The summed E-state index contributed by atoms with van der Waals surface area (Å²) in [5, 5.41) is 12.9. The average Bonchev–Trinajstić information content (AvgIpc) is 2.86. The van der Waals surface area contributed by atoms with Crippen LogP contribution in [0.25, 0.3) is 0 Å². The number of aryl methyl sites for hydroxylation is 1. The molecule has 1 heterocycles. The van der Waals surface area contributed by atoms with Gasteiger partial charge in [0.2, 0.25) is 0 Å². The third kappa shape index (κ3) is 5.42. The predicted molar refractivity (Wildman–Crippen MR) is 109 cm³/mol. The smallest absolute Gasteiger partial charge is 0.194 e. The molecule has 0 aliphatic heterocycles. The van der Waals surface area contributed by atoms with Gasteiger partial charge in [-0.2, -0.15) is 5.26 Å². The number of nitrogens with one attached hydrogen (secondary N) is 1. The van der Waals surface area contributed by atoms with Gasteiger partial charge in [-0.05, 0) is 23.8 Å². The number of nitriles is 1. The van der Waals surface area contributed by atoms with Gasteiger partial charge in [0.1, 0.15) is 0 Å². The molecule has 2 rings (SSSR count). The molecule has 0 amide bonds. The van der Waals surface area contributed by atoms with Crippen LogP contribution in [0.3, 0.4) is 0 Å². The summed E-state index contributed by atoms with van der Waals surface area (Å²) in [6, 6.07) is 11.6. The fourth-order valence-corrected chi connectivity index (χ4v) is 2.58. The number of aliphatic imine (C=N–C) groups is 1. The number of hydrogen-bond donors (Lipinski definition) is 1. The highest BCUT2D eigenvalue weighted by Crippen LogP contribution is 2.14. The maximum absolute atomic E-state index is 8.82. The Hall–Kier alpha value is -1.72. The molecular weight excluding hydrogens is 437 g/mol. The summed E-state index contributed by atoms with van der Waals surface area (Å²) in [6.45, 7) is 1.35. The number of benzene rings is 1. The first kappa shape index (κ1) is 20.3. The van der Waals surface area contributed by atoms with Crippen molar-refractivity contribution in [2.75, 3.05) is 14.1 Å². The lowest BCUT2D eigenvalue weighted by Crippen LogP contribution is -2.38. The normalized spacial score (nSPS) is 10.7. The topological polar surface area (TPSA) is 56.4 Å². The Bertz CT molecular complexity index is 730. The van der Waals surface area contributed by atoms with E-state index in [0.29, 0.717) is 18.7 Å². The summed E-state index contributed by atoms with van der Waals surface area (Å²) in [5.41, 5.74) is 2.87. The van der Waals surface area contributed by atoms with Gasteiger partial charge in [-0.15, -0.1) is 24.0 Å². The van der Waals surface area contributed by atoms with Gasteiger partial charge in [-0.3, -0.25) is 4.99 Å². The van der Waals surface area contributed by atoms with Gasteiger partial charge in [-0.25, -0.2) is 0 Å². The van der Waals surface area contributed by atoms with Crippen molar-refractivity contribution in [3.63, 3.8) is 0 Å². The first-order chi connectivity index (χ1) is 11.0. The fraction of sp³-hybridized carbons (Fsp3) is 0.294. The Labute approximate surface area is 165 Å². The second-order valence-electron chi connectivity index (χ2n) is 5.33. The lowest BCUT2D eigenvalue weighted by atomic mass is 10.1. The molecule has 1 N–H and O–H groups in total. The minimum atomic E-state index is 0. The second-order valence-corrected chi connectivity index (χ2v) is 5.76. The lowest BCUT2D eigenvalue weighted by Gasteiger charge is -2.22. The van der Waals surface area contributed by atoms with Crippen molar-refractivity contribution in [2.24, 2.45) is 12.0 Å². The average molecular weight is 458 g/mol. The fourth-order valence-electron chi connectivity index (χ4n) is 2.30. The Kier molecular flexibility index (Phi) is 8.08. The zero-order valence-electron chi connectivity index (χ0n) is 14.0. The molecule has 5 nitrogen and oxygen atoms in total. The molecule has 128 valence electrons. The largest absolute Gasteiger partial charge is 0.352 e. The van der Waals surface area contributed by atoms with Crippen molar-refractivity contribution >= 4 is 41.5 Å². The van der Waals surface area contributed by atoms with E-state index in [1.165, 1.54) is 0 Å². The molecule has 1 aromatic heterocycles. The summed E-state index contributed by atoms with van der Waals surface area (Å²) in [6.07, 6.45) is 1.89. The molecule has 7 heteroatoms. The van der Waals surface area contributed by atoms with Crippen molar-refractivity contribution in [1.29, 1.82) is 5.26 Å². The van der Waals surface area contributed by atoms with Crippen LogP contribution in [0.15, 0.2) is 41.5 Å². The Morgan fingerprint density at radius 1 is 1.38 bits per heavy atom. The van der Waals surface area contributed by atoms with Crippen molar-refractivity contribution in [3.05, 3.63) is 58.4 Å². The van der Waals surface area contributed by atoms with Crippen molar-refractivity contribution in [2.45, 2.75) is 13.1 Å². The SMILES string of the molecule is CN=C(NCc1ccc(C#N)cc1)N(C)Cc1cc(Cl)cn1C.I. The van der Waals surface area contributed by atoms with E-state index >= 15 is 0 Å². The monoisotopic (exact) mass is 457 g/mol. The molecule has 0 aliphatic carbocycles. The summed E-state index contributed by atoms with van der Waals surface area (Å²) >= 11 is 6.02. The molecule has 0 saturated heterocycles. The van der Waals surface area contributed by atoms with Gasteiger partial charge in [0, 0.05) is 39.6 Å². The first-order valence-electron chi connectivity index (χ1n) is 7.25. The van der Waals surface area contributed by atoms with Gasteiger partial charge >= 0.3 is 0 Å². The highest BCUT2D eigenvalue weighted by molar-refractivity contribution is 14.0. The first-order valence-corrected chi connectivity index (χ1v) is 7.63. The van der Waals surface area contributed by atoms with Crippen LogP contribution in [0, 0.1) is 11.3 Å². The summed E-state index contributed by atoms with van der Waals surface area (Å²) in [5.74, 6) is 0.798. The molecule has 0 saturated carbocycles. The van der Waals surface area contributed by atoms with E-state index in [4.69, 9.17) is 16.9 Å². The van der Waals surface area contributed by atoms with Crippen LogP contribution in [0.5, 0.6) is 0 Å². The zero-order valence-corrected chi connectivity index (χ0v) is 17.0. The standard InChI is InChI=1S/C17H20ClN5.HI/c1-20-17(21-10-14-6-4-13(9-19)5-7-14)23(3)12-16-8-15(18)11-22(16)2;/h4-8,11H,10,12H2,1-3H3,(H,20,21);1H. The van der Waals surface area contributed by atoms with Crippen LogP contribution < -0.4 is 5.32 Å². The quantitative estimate of drug-likeness (QED) is 0.435. The molecule has 24 heavy (non-hydrogen) atoms. The van der Waals surface area contributed by atoms with E-state index in [-0.39, 0.29) is 24.0 Å². The van der Waals surface area contributed by atoms with Crippen LogP contribution >= 0.6 is 35.6 Å². The molecule has 2 aromatic rings. The maximum atomic E-state index is 8.82. The molecule has 0 unspecified atom stereocenters. The highest BCUT2D eigenvalue weighted by Gasteiger charge is 2.09. The minimum Gasteiger partial charge on any atom is -0.352 e. The van der Waals surface area contributed by atoms with Gasteiger partial charge in [0.15, 0.2) is 5.96 Å². The number of nitrogens with zero attached hydrogens (tertiary/aromatic N) is 4. The van der Waals surface area contributed by atoms with Crippen molar-refractivity contribution < 1.29 is 0 Å². The van der Waals surface area contributed by atoms with Crippen molar-refractivity contribution in [3.8, 4) is 6.07 Å². The van der Waals surface area contributed by atoms with Crippen LogP contribution in [-0.2, 0) is 20.1 Å². The van der Waals surface area contributed by atoms with E-state index < -0.39 is 0 Å². The summed E-state index contributed by atoms with van der Waals surface area (Å²) in [4.78, 5) is 6.34. The number of rotatable bonds is 4. The zero-order chi connectivity index (χ0) is 16.8. The van der Waals surface area contributed by atoms with E-state index in [1.54, 1.807) is 7.05 Å².